The number of benzene rings is 1. The van der Waals surface area contributed by atoms with Gasteiger partial charge in [-0.05, 0) is 17.7 Å². The Morgan fingerprint density at radius 1 is 1.06 bits per heavy atom. The number of aromatic nitrogens is 1. The van der Waals surface area contributed by atoms with E-state index in [0.717, 1.165) is 23.9 Å². The van der Waals surface area contributed by atoms with Crippen LogP contribution in [0.3, 0.4) is 0 Å². The number of pyridine rings is 1. The number of halogens is 1. The average molecular weight is 279 g/mol. The molecule has 0 aliphatic carbocycles. The summed E-state index contributed by atoms with van der Waals surface area (Å²) in [5, 5.41) is 4.93. The Kier molecular flexibility index (Phi) is 5.52. The van der Waals surface area contributed by atoms with E-state index in [1.54, 1.807) is 17.8 Å². The summed E-state index contributed by atoms with van der Waals surface area (Å²) in [5.74, 6) is 0.986. The third-order valence-corrected chi connectivity index (χ3v) is 3.53. The first kappa shape index (κ1) is 13.4. The molecule has 2 rings (SSSR count). The molecule has 94 valence electrons. The molecule has 1 heterocycles. The smallest absolute Gasteiger partial charge is 0.130 e. The molecule has 18 heavy (non-hydrogen) atoms. The van der Waals surface area contributed by atoms with Gasteiger partial charge in [-0.25, -0.2) is 4.98 Å². The van der Waals surface area contributed by atoms with Gasteiger partial charge in [0, 0.05) is 18.8 Å². The van der Waals surface area contributed by atoms with Crippen LogP contribution in [0.4, 0.5) is 0 Å². The molecule has 0 bridgehead atoms. The van der Waals surface area contributed by atoms with Gasteiger partial charge in [0.05, 0.1) is 5.03 Å². The van der Waals surface area contributed by atoms with E-state index in [2.05, 4.69) is 34.6 Å². The summed E-state index contributed by atoms with van der Waals surface area (Å²) >= 11 is 7.54. The van der Waals surface area contributed by atoms with E-state index in [9.17, 15) is 0 Å². The number of nitrogens with one attached hydrogen (secondary N) is 1. The lowest BCUT2D eigenvalue weighted by Gasteiger charge is -2.04. The van der Waals surface area contributed by atoms with E-state index in [-0.39, 0.29) is 0 Å². The highest BCUT2D eigenvalue weighted by molar-refractivity contribution is 7.99. The maximum absolute atomic E-state index is 5.82. The van der Waals surface area contributed by atoms with Crippen LogP contribution in [0.15, 0.2) is 53.6 Å². The SMILES string of the molecule is Clc1cccc(SCCNCc2ccccc2)n1. The zero-order chi connectivity index (χ0) is 12.6. The van der Waals surface area contributed by atoms with Crippen LogP contribution in [-0.4, -0.2) is 17.3 Å². The molecule has 1 aromatic carbocycles. The summed E-state index contributed by atoms with van der Waals surface area (Å²) in [6.07, 6.45) is 0. The molecule has 2 aromatic rings. The molecule has 4 heteroatoms. The Labute approximate surface area is 117 Å². The quantitative estimate of drug-likeness (QED) is 0.496. The van der Waals surface area contributed by atoms with Crippen LogP contribution in [0.25, 0.3) is 0 Å². The second-order valence-corrected chi connectivity index (χ2v) is 5.31. The Hall–Kier alpha value is -1.03. The number of hydrogen-bond acceptors (Lipinski definition) is 3. The maximum atomic E-state index is 5.82. The van der Waals surface area contributed by atoms with Crippen molar-refractivity contribution in [2.24, 2.45) is 0 Å². The monoisotopic (exact) mass is 278 g/mol. The molecule has 0 radical (unpaired) electrons. The minimum atomic E-state index is 0.553. The summed E-state index contributed by atoms with van der Waals surface area (Å²) in [7, 11) is 0. The summed E-state index contributed by atoms with van der Waals surface area (Å²) in [6.45, 7) is 1.86. The molecule has 0 unspecified atom stereocenters. The first-order chi connectivity index (χ1) is 8.84. The van der Waals surface area contributed by atoms with Crippen molar-refractivity contribution >= 4 is 23.4 Å². The van der Waals surface area contributed by atoms with Crippen molar-refractivity contribution in [2.75, 3.05) is 12.3 Å². The molecular formula is C14H15ClN2S. The van der Waals surface area contributed by atoms with Crippen LogP contribution in [0.5, 0.6) is 0 Å². The molecule has 0 spiro atoms. The van der Waals surface area contributed by atoms with E-state index in [4.69, 9.17) is 11.6 Å². The number of thioether (sulfide) groups is 1. The molecule has 0 saturated carbocycles. The average Bonchev–Trinajstić information content (AvgIpc) is 2.40. The fourth-order valence-electron chi connectivity index (χ4n) is 1.53. The van der Waals surface area contributed by atoms with Crippen molar-refractivity contribution in [3.63, 3.8) is 0 Å². The van der Waals surface area contributed by atoms with Gasteiger partial charge in [0.2, 0.25) is 0 Å². The van der Waals surface area contributed by atoms with E-state index in [0.29, 0.717) is 5.15 Å². The first-order valence-corrected chi connectivity index (χ1v) is 7.21. The van der Waals surface area contributed by atoms with E-state index in [1.165, 1.54) is 5.56 Å². The molecule has 0 aliphatic rings. The van der Waals surface area contributed by atoms with Gasteiger partial charge in [-0.15, -0.1) is 11.8 Å². The number of hydrogen-bond donors (Lipinski definition) is 1. The second-order valence-electron chi connectivity index (χ2n) is 3.81. The van der Waals surface area contributed by atoms with Gasteiger partial charge in [0.15, 0.2) is 0 Å². The van der Waals surface area contributed by atoms with Crippen LogP contribution in [0.1, 0.15) is 5.56 Å². The Bertz CT molecular complexity index is 476. The van der Waals surface area contributed by atoms with E-state index >= 15 is 0 Å². The third kappa shape index (κ3) is 4.69. The van der Waals surface area contributed by atoms with Gasteiger partial charge >= 0.3 is 0 Å². The van der Waals surface area contributed by atoms with Gasteiger partial charge in [-0.1, -0.05) is 48.0 Å². The van der Waals surface area contributed by atoms with Crippen LogP contribution in [-0.2, 0) is 6.54 Å². The molecule has 1 aromatic heterocycles. The van der Waals surface area contributed by atoms with Gasteiger partial charge in [0.25, 0.3) is 0 Å². The van der Waals surface area contributed by atoms with Crippen molar-refractivity contribution < 1.29 is 0 Å². The number of nitrogens with zero attached hydrogens (tertiary/aromatic N) is 1. The van der Waals surface area contributed by atoms with Crippen LogP contribution in [0, 0.1) is 0 Å². The molecule has 0 amide bonds. The third-order valence-electron chi connectivity index (χ3n) is 2.39. The van der Waals surface area contributed by atoms with Crippen LogP contribution < -0.4 is 5.32 Å². The minimum Gasteiger partial charge on any atom is -0.312 e. The Morgan fingerprint density at radius 3 is 2.67 bits per heavy atom. The van der Waals surface area contributed by atoms with Crippen molar-refractivity contribution in [3.8, 4) is 0 Å². The zero-order valence-corrected chi connectivity index (χ0v) is 11.5. The molecule has 0 saturated heterocycles. The van der Waals surface area contributed by atoms with Crippen molar-refractivity contribution in [1.29, 1.82) is 0 Å². The van der Waals surface area contributed by atoms with E-state index < -0.39 is 0 Å². The lowest BCUT2D eigenvalue weighted by atomic mass is 10.2. The summed E-state index contributed by atoms with van der Waals surface area (Å²) in [5.41, 5.74) is 1.31. The van der Waals surface area contributed by atoms with Gasteiger partial charge in [0.1, 0.15) is 5.15 Å². The predicted octanol–water partition coefficient (Wildman–Crippen LogP) is 3.62. The van der Waals surface area contributed by atoms with Crippen LogP contribution >= 0.6 is 23.4 Å². The fourth-order valence-corrected chi connectivity index (χ4v) is 2.53. The minimum absolute atomic E-state index is 0.553. The summed E-state index contributed by atoms with van der Waals surface area (Å²) in [6, 6.07) is 16.1. The summed E-state index contributed by atoms with van der Waals surface area (Å²) in [4.78, 5) is 4.23. The highest BCUT2D eigenvalue weighted by Gasteiger charge is 1.96. The molecule has 0 fully saturated rings. The molecule has 1 N–H and O–H groups in total. The molecule has 2 nitrogen and oxygen atoms in total. The number of rotatable bonds is 6. The zero-order valence-electron chi connectivity index (χ0n) is 9.97. The van der Waals surface area contributed by atoms with Gasteiger partial charge in [-0.3, -0.25) is 0 Å². The largest absolute Gasteiger partial charge is 0.312 e. The topological polar surface area (TPSA) is 24.9 Å². The Morgan fingerprint density at radius 2 is 1.89 bits per heavy atom. The van der Waals surface area contributed by atoms with Crippen LogP contribution in [0.2, 0.25) is 5.15 Å². The second kappa shape index (κ2) is 7.41. The first-order valence-electron chi connectivity index (χ1n) is 5.84. The van der Waals surface area contributed by atoms with Crippen molar-refractivity contribution in [2.45, 2.75) is 11.6 Å². The highest BCUT2D eigenvalue weighted by atomic mass is 35.5. The maximum Gasteiger partial charge on any atom is 0.130 e. The summed E-state index contributed by atoms with van der Waals surface area (Å²) < 4.78 is 0. The molecule has 0 atom stereocenters. The standard InChI is InChI=1S/C14H15ClN2S/c15-13-7-4-8-14(17-13)18-10-9-16-11-12-5-2-1-3-6-12/h1-8,16H,9-11H2. The van der Waals surface area contributed by atoms with Crippen molar-refractivity contribution in [3.05, 3.63) is 59.2 Å². The van der Waals surface area contributed by atoms with E-state index in [1.807, 2.05) is 18.2 Å². The Balaban J connectivity index is 1.65. The van der Waals surface area contributed by atoms with Gasteiger partial charge in [-0.2, -0.15) is 0 Å². The van der Waals surface area contributed by atoms with Gasteiger partial charge < -0.3 is 5.32 Å². The molecular weight excluding hydrogens is 264 g/mol. The fraction of sp³-hybridized carbons (Fsp3) is 0.214. The normalized spacial score (nSPS) is 10.5. The lowest BCUT2D eigenvalue weighted by Crippen LogP contribution is -2.16. The van der Waals surface area contributed by atoms with Crippen molar-refractivity contribution in [1.82, 2.24) is 10.3 Å². The lowest BCUT2D eigenvalue weighted by molar-refractivity contribution is 0.732. The highest BCUT2D eigenvalue weighted by Crippen LogP contribution is 2.16. The predicted molar refractivity (Wildman–Crippen MR) is 78.1 cm³/mol. The molecule has 0 aliphatic heterocycles.